The van der Waals surface area contributed by atoms with Crippen molar-refractivity contribution in [2.75, 3.05) is 4.72 Å². The van der Waals surface area contributed by atoms with Crippen LogP contribution in [0.2, 0.25) is 0 Å². The van der Waals surface area contributed by atoms with Gasteiger partial charge in [-0.15, -0.1) is 0 Å². The molecule has 9 heteroatoms. The van der Waals surface area contributed by atoms with Gasteiger partial charge in [0.05, 0.1) is 4.47 Å². The van der Waals surface area contributed by atoms with Crippen LogP contribution in [-0.2, 0) is 10.0 Å². The van der Waals surface area contributed by atoms with E-state index in [0.717, 1.165) is 11.8 Å². The van der Waals surface area contributed by atoms with Gasteiger partial charge in [0, 0.05) is 11.8 Å². The van der Waals surface area contributed by atoms with Crippen LogP contribution in [0.3, 0.4) is 0 Å². The van der Waals surface area contributed by atoms with Crippen molar-refractivity contribution in [2.45, 2.75) is 24.7 Å². The molecule has 0 aliphatic rings. The third kappa shape index (κ3) is 3.41. The van der Waals surface area contributed by atoms with Crippen molar-refractivity contribution in [1.82, 2.24) is 10.2 Å². The molecule has 0 atom stereocenters. The molecule has 0 saturated heterocycles. The van der Waals surface area contributed by atoms with Crippen LogP contribution in [0.1, 0.15) is 25.5 Å². The standard InChI is InChI=1S/C12H12BrF2N3O2S/c1-6(2)10-5-12(17-16-10)18-21(19,20)11-4-8(14)7(13)3-9(11)15/h3-6H,1-2H3,(H2,16,17,18). The maximum atomic E-state index is 13.7. The molecule has 0 amide bonds. The number of hydrogen-bond donors (Lipinski definition) is 2. The first-order chi connectivity index (χ1) is 9.70. The second-order valence-corrected chi connectivity index (χ2v) is 7.17. The number of halogens is 3. The van der Waals surface area contributed by atoms with Crippen LogP contribution in [0.4, 0.5) is 14.6 Å². The average molecular weight is 380 g/mol. The molecule has 2 aromatic rings. The minimum Gasteiger partial charge on any atom is -0.280 e. The van der Waals surface area contributed by atoms with Crippen molar-refractivity contribution >= 4 is 31.8 Å². The summed E-state index contributed by atoms with van der Waals surface area (Å²) < 4.78 is 53.2. The molecule has 0 fully saturated rings. The topological polar surface area (TPSA) is 74.8 Å². The smallest absolute Gasteiger partial charge is 0.266 e. The molecule has 1 aromatic heterocycles. The fraction of sp³-hybridized carbons (Fsp3) is 0.250. The lowest BCUT2D eigenvalue weighted by molar-refractivity contribution is 0.552. The highest BCUT2D eigenvalue weighted by atomic mass is 79.9. The van der Waals surface area contributed by atoms with Crippen molar-refractivity contribution in [3.05, 3.63) is 40.0 Å². The molecule has 0 bridgehead atoms. The fourth-order valence-electron chi connectivity index (χ4n) is 1.59. The molecule has 0 saturated carbocycles. The van der Waals surface area contributed by atoms with E-state index in [2.05, 4.69) is 30.8 Å². The molecule has 0 aliphatic carbocycles. The minimum atomic E-state index is -4.26. The molecule has 2 N–H and O–H groups in total. The molecular weight excluding hydrogens is 368 g/mol. The molecular formula is C12H12BrF2N3O2S. The van der Waals surface area contributed by atoms with E-state index in [-0.39, 0.29) is 16.2 Å². The van der Waals surface area contributed by atoms with Gasteiger partial charge in [-0.05, 0) is 34.0 Å². The lowest BCUT2D eigenvalue weighted by Crippen LogP contribution is -2.15. The van der Waals surface area contributed by atoms with Crippen LogP contribution in [0.5, 0.6) is 0 Å². The van der Waals surface area contributed by atoms with Crippen LogP contribution in [0.15, 0.2) is 27.6 Å². The van der Waals surface area contributed by atoms with E-state index in [0.29, 0.717) is 6.07 Å². The Kier molecular flexibility index (Phi) is 4.33. The summed E-state index contributed by atoms with van der Waals surface area (Å²) in [6, 6.07) is 2.86. The summed E-state index contributed by atoms with van der Waals surface area (Å²) >= 11 is 2.79. The van der Waals surface area contributed by atoms with E-state index in [9.17, 15) is 17.2 Å². The number of sulfonamides is 1. The van der Waals surface area contributed by atoms with E-state index < -0.39 is 26.6 Å². The molecule has 0 radical (unpaired) electrons. The van der Waals surface area contributed by atoms with Gasteiger partial charge in [0.2, 0.25) is 0 Å². The lowest BCUT2D eigenvalue weighted by atomic mass is 10.1. The third-order valence-electron chi connectivity index (χ3n) is 2.72. The van der Waals surface area contributed by atoms with Gasteiger partial charge in [0.15, 0.2) is 5.82 Å². The summed E-state index contributed by atoms with van der Waals surface area (Å²) in [7, 11) is -4.26. The quantitative estimate of drug-likeness (QED) is 0.799. The number of H-pyrrole nitrogens is 1. The Morgan fingerprint density at radius 3 is 2.48 bits per heavy atom. The van der Waals surface area contributed by atoms with E-state index in [4.69, 9.17) is 0 Å². The Morgan fingerprint density at radius 1 is 1.24 bits per heavy atom. The second kappa shape index (κ2) is 5.72. The number of nitrogens with zero attached hydrogens (tertiary/aromatic N) is 1. The number of benzene rings is 1. The van der Waals surface area contributed by atoms with Gasteiger partial charge in [-0.3, -0.25) is 9.82 Å². The first-order valence-corrected chi connectivity index (χ1v) is 8.21. The normalized spacial score (nSPS) is 11.9. The zero-order valence-electron chi connectivity index (χ0n) is 11.1. The van der Waals surface area contributed by atoms with Gasteiger partial charge in [0.1, 0.15) is 16.5 Å². The number of aromatic nitrogens is 2. The molecule has 2 rings (SSSR count). The molecule has 1 aromatic carbocycles. The summed E-state index contributed by atoms with van der Waals surface area (Å²) in [5, 5.41) is 6.44. The third-order valence-corrected chi connectivity index (χ3v) is 4.70. The van der Waals surface area contributed by atoms with Gasteiger partial charge in [-0.2, -0.15) is 5.10 Å². The lowest BCUT2D eigenvalue weighted by Gasteiger charge is -2.07. The van der Waals surface area contributed by atoms with Crippen LogP contribution in [-0.4, -0.2) is 18.6 Å². The molecule has 0 unspecified atom stereocenters. The average Bonchev–Trinajstić information content (AvgIpc) is 2.81. The van der Waals surface area contributed by atoms with Crippen LogP contribution >= 0.6 is 15.9 Å². The maximum absolute atomic E-state index is 13.7. The van der Waals surface area contributed by atoms with E-state index >= 15 is 0 Å². The molecule has 5 nitrogen and oxygen atoms in total. The van der Waals surface area contributed by atoms with E-state index in [1.54, 1.807) is 0 Å². The minimum absolute atomic E-state index is 0.0152. The predicted octanol–water partition coefficient (Wildman–Crippen LogP) is 3.37. The van der Waals surface area contributed by atoms with E-state index in [1.807, 2.05) is 13.8 Å². The molecule has 0 spiro atoms. The van der Waals surface area contributed by atoms with Crippen LogP contribution in [0.25, 0.3) is 0 Å². The molecule has 114 valence electrons. The van der Waals surface area contributed by atoms with E-state index in [1.165, 1.54) is 6.07 Å². The Bertz CT molecular complexity index is 775. The van der Waals surface area contributed by atoms with Crippen LogP contribution < -0.4 is 4.72 Å². The first kappa shape index (κ1) is 15.9. The van der Waals surface area contributed by atoms with Gasteiger partial charge < -0.3 is 0 Å². The monoisotopic (exact) mass is 379 g/mol. The fourth-order valence-corrected chi connectivity index (χ4v) is 2.97. The predicted molar refractivity (Wildman–Crippen MR) is 77.5 cm³/mol. The maximum Gasteiger partial charge on any atom is 0.266 e. The molecule has 1 heterocycles. The first-order valence-electron chi connectivity index (χ1n) is 5.93. The summed E-state index contributed by atoms with van der Waals surface area (Å²) in [6.45, 7) is 3.80. The number of hydrogen-bond acceptors (Lipinski definition) is 3. The van der Waals surface area contributed by atoms with Gasteiger partial charge in [-0.1, -0.05) is 13.8 Å². The Labute approximate surface area is 128 Å². The van der Waals surface area contributed by atoms with Gasteiger partial charge in [0.25, 0.3) is 10.0 Å². The highest BCUT2D eigenvalue weighted by Gasteiger charge is 2.22. The zero-order chi connectivity index (χ0) is 15.8. The van der Waals surface area contributed by atoms with Crippen molar-refractivity contribution < 1.29 is 17.2 Å². The number of rotatable bonds is 4. The van der Waals surface area contributed by atoms with Crippen molar-refractivity contribution in [3.8, 4) is 0 Å². The highest BCUT2D eigenvalue weighted by Crippen LogP contribution is 2.25. The summed E-state index contributed by atoms with van der Waals surface area (Å²) in [5.41, 5.74) is 0.718. The molecule has 0 aliphatic heterocycles. The highest BCUT2D eigenvalue weighted by molar-refractivity contribution is 9.10. The van der Waals surface area contributed by atoms with Crippen LogP contribution in [0, 0.1) is 11.6 Å². The second-order valence-electron chi connectivity index (χ2n) is 4.67. The Morgan fingerprint density at radius 2 is 1.90 bits per heavy atom. The summed E-state index contributed by atoms with van der Waals surface area (Å²) in [4.78, 5) is -0.780. The SMILES string of the molecule is CC(C)c1cc(NS(=O)(=O)c2cc(F)c(Br)cc2F)n[nH]1. The van der Waals surface area contributed by atoms with Crippen molar-refractivity contribution in [2.24, 2.45) is 0 Å². The number of anilines is 1. The van der Waals surface area contributed by atoms with Gasteiger partial charge >= 0.3 is 0 Å². The summed E-state index contributed by atoms with van der Waals surface area (Å²) in [5.74, 6) is -1.80. The molecule has 21 heavy (non-hydrogen) atoms. The van der Waals surface area contributed by atoms with Crippen molar-refractivity contribution in [1.29, 1.82) is 0 Å². The van der Waals surface area contributed by atoms with Crippen molar-refractivity contribution in [3.63, 3.8) is 0 Å². The van der Waals surface area contributed by atoms with Gasteiger partial charge in [-0.25, -0.2) is 17.2 Å². The Balaban J connectivity index is 2.36. The largest absolute Gasteiger partial charge is 0.280 e. The Hall–Kier alpha value is -1.48. The summed E-state index contributed by atoms with van der Waals surface area (Å²) in [6.07, 6.45) is 0. The zero-order valence-corrected chi connectivity index (χ0v) is 13.5. The number of aromatic amines is 1. The number of nitrogens with one attached hydrogen (secondary N) is 2.